The van der Waals surface area contributed by atoms with E-state index in [1.807, 2.05) is 13.0 Å². The molecule has 1 aromatic heterocycles. The SMILES string of the molecule is CCC(C(=O)OC)C(N)c1ccc(Cl)s1. The van der Waals surface area contributed by atoms with Gasteiger partial charge in [-0.25, -0.2) is 0 Å². The number of ether oxygens (including phenoxy) is 1. The summed E-state index contributed by atoms with van der Waals surface area (Å²) in [7, 11) is 1.37. The highest BCUT2D eigenvalue weighted by molar-refractivity contribution is 7.16. The maximum atomic E-state index is 11.4. The first-order valence-electron chi connectivity index (χ1n) is 4.68. The predicted molar refractivity (Wildman–Crippen MR) is 62.1 cm³/mol. The van der Waals surface area contributed by atoms with Crippen molar-refractivity contribution in [3.05, 3.63) is 21.3 Å². The fraction of sp³-hybridized carbons (Fsp3) is 0.500. The Morgan fingerprint density at radius 1 is 1.67 bits per heavy atom. The van der Waals surface area contributed by atoms with Gasteiger partial charge >= 0.3 is 5.97 Å². The van der Waals surface area contributed by atoms with E-state index in [1.165, 1.54) is 18.4 Å². The van der Waals surface area contributed by atoms with E-state index < -0.39 is 0 Å². The van der Waals surface area contributed by atoms with Crippen molar-refractivity contribution in [2.45, 2.75) is 19.4 Å². The van der Waals surface area contributed by atoms with E-state index in [0.717, 1.165) is 4.88 Å². The molecular formula is C10H14ClNO2S. The lowest BCUT2D eigenvalue weighted by molar-refractivity contribution is -0.146. The Balaban J connectivity index is 2.81. The van der Waals surface area contributed by atoms with Crippen LogP contribution in [-0.4, -0.2) is 13.1 Å². The van der Waals surface area contributed by atoms with Crippen LogP contribution >= 0.6 is 22.9 Å². The van der Waals surface area contributed by atoms with Gasteiger partial charge in [-0.1, -0.05) is 18.5 Å². The quantitative estimate of drug-likeness (QED) is 0.832. The molecule has 5 heteroatoms. The Morgan fingerprint density at radius 3 is 2.73 bits per heavy atom. The molecule has 2 unspecified atom stereocenters. The van der Waals surface area contributed by atoms with Gasteiger partial charge in [0, 0.05) is 4.88 Å². The Labute approximate surface area is 98.2 Å². The molecule has 0 aromatic carbocycles. The van der Waals surface area contributed by atoms with Crippen LogP contribution in [0.1, 0.15) is 24.3 Å². The second-order valence-corrected chi connectivity index (χ2v) is 4.95. The van der Waals surface area contributed by atoms with Crippen molar-refractivity contribution in [1.82, 2.24) is 0 Å². The summed E-state index contributed by atoms with van der Waals surface area (Å²) < 4.78 is 5.39. The van der Waals surface area contributed by atoms with Gasteiger partial charge in [-0.15, -0.1) is 11.3 Å². The van der Waals surface area contributed by atoms with Crippen molar-refractivity contribution < 1.29 is 9.53 Å². The Kier molecular flexibility index (Phi) is 4.57. The number of thiophene rings is 1. The average molecular weight is 248 g/mol. The summed E-state index contributed by atoms with van der Waals surface area (Å²) in [6, 6.07) is 3.30. The molecule has 0 aliphatic rings. The average Bonchev–Trinajstić information content (AvgIpc) is 2.65. The fourth-order valence-corrected chi connectivity index (χ4v) is 2.55. The predicted octanol–water partition coefficient (Wildman–Crippen LogP) is 2.60. The summed E-state index contributed by atoms with van der Waals surface area (Å²) in [5.74, 6) is -0.570. The zero-order valence-corrected chi connectivity index (χ0v) is 10.3. The molecule has 0 aliphatic heterocycles. The van der Waals surface area contributed by atoms with Crippen LogP contribution in [0.5, 0.6) is 0 Å². The lowest BCUT2D eigenvalue weighted by Crippen LogP contribution is -2.28. The molecule has 0 bridgehead atoms. The molecule has 0 radical (unpaired) electrons. The van der Waals surface area contributed by atoms with E-state index in [4.69, 9.17) is 22.1 Å². The molecule has 2 atom stereocenters. The van der Waals surface area contributed by atoms with Crippen LogP contribution < -0.4 is 5.73 Å². The van der Waals surface area contributed by atoms with Crippen LogP contribution in [0.4, 0.5) is 0 Å². The first-order chi connectivity index (χ1) is 7.10. The molecule has 84 valence electrons. The van der Waals surface area contributed by atoms with Crippen molar-refractivity contribution in [2.75, 3.05) is 7.11 Å². The monoisotopic (exact) mass is 247 g/mol. The number of carbonyl (C=O) groups excluding carboxylic acids is 1. The van der Waals surface area contributed by atoms with Gasteiger partial charge < -0.3 is 10.5 Å². The largest absolute Gasteiger partial charge is 0.469 e. The zero-order valence-electron chi connectivity index (χ0n) is 8.70. The van der Waals surface area contributed by atoms with Crippen molar-refractivity contribution in [3.63, 3.8) is 0 Å². The van der Waals surface area contributed by atoms with Crippen molar-refractivity contribution >= 4 is 28.9 Å². The molecule has 0 amide bonds. The topological polar surface area (TPSA) is 52.3 Å². The van der Waals surface area contributed by atoms with Gasteiger partial charge in [0.2, 0.25) is 0 Å². The highest BCUT2D eigenvalue weighted by Gasteiger charge is 2.26. The van der Waals surface area contributed by atoms with Gasteiger partial charge in [0.05, 0.1) is 23.4 Å². The van der Waals surface area contributed by atoms with Gasteiger partial charge in [0.25, 0.3) is 0 Å². The standard InChI is InChI=1S/C10H14ClNO2S/c1-3-6(10(13)14-2)9(12)7-4-5-8(11)15-7/h4-6,9H,3,12H2,1-2H3. The maximum Gasteiger partial charge on any atom is 0.310 e. The van der Waals surface area contributed by atoms with Gasteiger partial charge in [-0.2, -0.15) is 0 Å². The molecule has 1 heterocycles. The van der Waals surface area contributed by atoms with Gasteiger partial charge in [-0.05, 0) is 18.6 Å². The van der Waals surface area contributed by atoms with Crippen LogP contribution in [0.15, 0.2) is 12.1 Å². The fourth-order valence-electron chi connectivity index (χ4n) is 1.42. The van der Waals surface area contributed by atoms with Gasteiger partial charge in [0.1, 0.15) is 0 Å². The molecule has 0 saturated carbocycles. The zero-order chi connectivity index (χ0) is 11.4. The number of rotatable bonds is 4. The van der Waals surface area contributed by atoms with Gasteiger partial charge in [-0.3, -0.25) is 4.79 Å². The first kappa shape index (κ1) is 12.5. The van der Waals surface area contributed by atoms with Gasteiger partial charge in [0.15, 0.2) is 0 Å². The minimum Gasteiger partial charge on any atom is -0.469 e. The van der Waals surface area contributed by atoms with E-state index in [2.05, 4.69) is 0 Å². The first-order valence-corrected chi connectivity index (χ1v) is 5.88. The van der Waals surface area contributed by atoms with Crippen molar-refractivity contribution in [1.29, 1.82) is 0 Å². The Hall–Kier alpha value is -0.580. The van der Waals surface area contributed by atoms with E-state index in [9.17, 15) is 4.79 Å². The molecule has 15 heavy (non-hydrogen) atoms. The van der Waals surface area contributed by atoms with E-state index in [-0.39, 0.29) is 17.9 Å². The van der Waals surface area contributed by atoms with Crippen molar-refractivity contribution in [3.8, 4) is 0 Å². The normalized spacial score (nSPS) is 14.7. The second-order valence-electron chi connectivity index (χ2n) is 3.21. The molecule has 0 fully saturated rings. The lowest BCUT2D eigenvalue weighted by Gasteiger charge is -2.18. The molecule has 0 aliphatic carbocycles. The highest BCUT2D eigenvalue weighted by Crippen LogP contribution is 2.31. The third kappa shape index (κ3) is 2.93. The summed E-state index contributed by atoms with van der Waals surface area (Å²) in [5.41, 5.74) is 5.99. The smallest absolute Gasteiger partial charge is 0.310 e. The number of carbonyl (C=O) groups is 1. The molecule has 3 nitrogen and oxygen atoms in total. The molecule has 0 spiro atoms. The van der Waals surface area contributed by atoms with E-state index >= 15 is 0 Å². The van der Waals surface area contributed by atoms with Crippen LogP contribution in [0.3, 0.4) is 0 Å². The van der Waals surface area contributed by atoms with Crippen LogP contribution in [-0.2, 0) is 9.53 Å². The summed E-state index contributed by atoms with van der Waals surface area (Å²) >= 11 is 7.21. The van der Waals surface area contributed by atoms with E-state index in [0.29, 0.717) is 10.8 Å². The van der Waals surface area contributed by atoms with Crippen LogP contribution in [0.2, 0.25) is 4.34 Å². The number of halogens is 1. The minimum absolute atomic E-state index is 0.269. The minimum atomic E-state index is -0.333. The molecule has 0 saturated heterocycles. The molecule has 2 N–H and O–H groups in total. The summed E-state index contributed by atoms with van der Waals surface area (Å²) in [5, 5.41) is 0. The van der Waals surface area contributed by atoms with Crippen molar-refractivity contribution in [2.24, 2.45) is 11.7 Å². The second kappa shape index (κ2) is 5.49. The number of nitrogens with two attached hydrogens (primary N) is 1. The summed E-state index contributed by atoms with van der Waals surface area (Å²) in [6.07, 6.45) is 0.656. The summed E-state index contributed by atoms with van der Waals surface area (Å²) in [4.78, 5) is 12.3. The molecule has 1 aromatic rings. The van der Waals surface area contributed by atoms with Crippen LogP contribution in [0.25, 0.3) is 0 Å². The number of esters is 1. The number of hydrogen-bond donors (Lipinski definition) is 1. The number of methoxy groups -OCH3 is 1. The molecular weight excluding hydrogens is 234 g/mol. The lowest BCUT2D eigenvalue weighted by atomic mass is 9.96. The highest BCUT2D eigenvalue weighted by atomic mass is 35.5. The molecule has 1 rings (SSSR count). The van der Waals surface area contributed by atoms with Crippen LogP contribution in [0, 0.1) is 5.92 Å². The number of hydrogen-bond acceptors (Lipinski definition) is 4. The van der Waals surface area contributed by atoms with E-state index in [1.54, 1.807) is 6.07 Å². The Bertz CT molecular complexity index is 340. The third-order valence-electron chi connectivity index (χ3n) is 2.30. The summed E-state index contributed by atoms with van der Waals surface area (Å²) in [6.45, 7) is 1.91. The third-order valence-corrected chi connectivity index (χ3v) is 3.63. The Morgan fingerprint density at radius 2 is 2.33 bits per heavy atom. The maximum absolute atomic E-state index is 11.4.